The molecule has 0 bridgehead atoms. The van der Waals surface area contributed by atoms with Crippen LogP contribution in [0.25, 0.3) is 22.3 Å². The first-order valence-corrected chi connectivity index (χ1v) is 6.55. The molecule has 2 aromatic heterocycles. The van der Waals surface area contributed by atoms with E-state index in [1.54, 1.807) is 13.1 Å². The summed E-state index contributed by atoms with van der Waals surface area (Å²) >= 11 is 0. The minimum atomic E-state index is -0.497. The topological polar surface area (TPSA) is 80.0 Å². The number of pyridine rings is 1. The number of phenolic OH excluding ortho intramolecular Hbond substituents is 1. The zero-order valence-corrected chi connectivity index (χ0v) is 12.0. The molecule has 1 aromatic carbocycles. The molecule has 0 aliphatic rings. The average Bonchev–Trinajstić information content (AvgIpc) is 2.77. The SMILES string of the molecule is CC(=O)Nc1cnc2c(c1)c(-c1cc(O)ccc1F)nn2C. The van der Waals surface area contributed by atoms with Gasteiger partial charge in [-0.2, -0.15) is 5.10 Å². The van der Waals surface area contributed by atoms with Crippen LogP contribution in [0.5, 0.6) is 5.75 Å². The molecule has 22 heavy (non-hydrogen) atoms. The van der Waals surface area contributed by atoms with Gasteiger partial charge in [-0.05, 0) is 24.3 Å². The summed E-state index contributed by atoms with van der Waals surface area (Å²) in [4.78, 5) is 15.4. The van der Waals surface area contributed by atoms with Crippen LogP contribution >= 0.6 is 0 Å². The predicted molar refractivity (Wildman–Crippen MR) is 79.9 cm³/mol. The molecule has 0 aliphatic carbocycles. The Morgan fingerprint density at radius 1 is 1.36 bits per heavy atom. The summed E-state index contributed by atoms with van der Waals surface area (Å²) < 4.78 is 15.6. The summed E-state index contributed by atoms with van der Waals surface area (Å²) in [5.41, 5.74) is 1.57. The lowest BCUT2D eigenvalue weighted by atomic mass is 10.1. The second kappa shape index (κ2) is 5.10. The van der Waals surface area contributed by atoms with Crippen LogP contribution in [0.3, 0.4) is 0 Å². The Balaban J connectivity index is 2.24. The number of nitrogens with zero attached hydrogens (tertiary/aromatic N) is 3. The number of fused-ring (bicyclic) bond motifs is 1. The monoisotopic (exact) mass is 300 g/mol. The van der Waals surface area contributed by atoms with Crippen LogP contribution < -0.4 is 5.32 Å². The number of phenols is 1. The fraction of sp³-hybridized carbons (Fsp3) is 0.133. The van der Waals surface area contributed by atoms with Crippen molar-refractivity contribution in [2.75, 3.05) is 5.32 Å². The van der Waals surface area contributed by atoms with Crippen molar-refractivity contribution in [1.82, 2.24) is 14.8 Å². The third-order valence-electron chi connectivity index (χ3n) is 3.20. The van der Waals surface area contributed by atoms with Gasteiger partial charge in [0.05, 0.1) is 11.9 Å². The van der Waals surface area contributed by atoms with Gasteiger partial charge in [-0.15, -0.1) is 0 Å². The molecule has 0 saturated heterocycles. The van der Waals surface area contributed by atoms with Gasteiger partial charge in [0, 0.05) is 24.9 Å². The number of rotatable bonds is 2. The fourth-order valence-corrected chi connectivity index (χ4v) is 2.31. The number of halogens is 1. The van der Waals surface area contributed by atoms with E-state index in [4.69, 9.17) is 0 Å². The molecule has 0 radical (unpaired) electrons. The molecule has 3 rings (SSSR count). The lowest BCUT2D eigenvalue weighted by Crippen LogP contribution is -2.05. The van der Waals surface area contributed by atoms with E-state index < -0.39 is 5.82 Å². The molecule has 0 saturated carbocycles. The summed E-state index contributed by atoms with van der Waals surface area (Å²) in [5.74, 6) is -0.779. The molecule has 0 atom stereocenters. The highest BCUT2D eigenvalue weighted by atomic mass is 19.1. The number of aromatic hydroxyl groups is 1. The van der Waals surface area contributed by atoms with Crippen LogP contribution in [-0.2, 0) is 11.8 Å². The molecular weight excluding hydrogens is 287 g/mol. The molecule has 0 fully saturated rings. The molecule has 6 nitrogen and oxygen atoms in total. The number of anilines is 1. The predicted octanol–water partition coefficient (Wildman–Crippen LogP) is 2.44. The van der Waals surface area contributed by atoms with Gasteiger partial charge in [0.1, 0.15) is 17.3 Å². The maximum absolute atomic E-state index is 14.1. The maximum atomic E-state index is 14.1. The molecule has 2 heterocycles. The number of carbonyl (C=O) groups is 1. The number of carbonyl (C=O) groups excluding carboxylic acids is 1. The Labute approximate surface area is 125 Å². The highest BCUT2D eigenvalue weighted by Crippen LogP contribution is 2.32. The average molecular weight is 300 g/mol. The number of hydrogen-bond donors (Lipinski definition) is 2. The van der Waals surface area contributed by atoms with Crippen LogP contribution in [0.15, 0.2) is 30.5 Å². The number of amides is 1. The van der Waals surface area contributed by atoms with Crippen LogP contribution in [0.4, 0.5) is 10.1 Å². The minimum Gasteiger partial charge on any atom is -0.508 e. The summed E-state index contributed by atoms with van der Waals surface area (Å²) in [6.07, 6.45) is 1.51. The molecule has 7 heteroatoms. The molecule has 112 valence electrons. The molecule has 2 N–H and O–H groups in total. The lowest BCUT2D eigenvalue weighted by Gasteiger charge is -2.03. The van der Waals surface area contributed by atoms with E-state index in [9.17, 15) is 14.3 Å². The van der Waals surface area contributed by atoms with Gasteiger partial charge in [-0.1, -0.05) is 0 Å². The van der Waals surface area contributed by atoms with Crippen LogP contribution in [0.2, 0.25) is 0 Å². The third-order valence-corrected chi connectivity index (χ3v) is 3.20. The van der Waals surface area contributed by atoms with Gasteiger partial charge in [0.25, 0.3) is 0 Å². The molecular formula is C15H13FN4O2. The third kappa shape index (κ3) is 2.37. The van der Waals surface area contributed by atoms with Gasteiger partial charge in [0.15, 0.2) is 5.65 Å². The molecule has 0 aliphatic heterocycles. The van der Waals surface area contributed by atoms with Crippen molar-refractivity contribution in [1.29, 1.82) is 0 Å². The van der Waals surface area contributed by atoms with Crippen molar-refractivity contribution in [2.45, 2.75) is 6.92 Å². The van der Waals surface area contributed by atoms with E-state index in [2.05, 4.69) is 15.4 Å². The first kappa shape index (κ1) is 14.0. The van der Waals surface area contributed by atoms with Crippen LogP contribution in [-0.4, -0.2) is 25.8 Å². The molecule has 1 amide bonds. The van der Waals surface area contributed by atoms with Crippen molar-refractivity contribution in [3.8, 4) is 17.0 Å². The van der Waals surface area contributed by atoms with E-state index in [0.29, 0.717) is 22.4 Å². The molecule has 0 spiro atoms. The smallest absolute Gasteiger partial charge is 0.221 e. The van der Waals surface area contributed by atoms with Crippen molar-refractivity contribution < 1.29 is 14.3 Å². The first-order chi connectivity index (χ1) is 10.5. The Morgan fingerprint density at radius 2 is 2.14 bits per heavy atom. The summed E-state index contributed by atoms with van der Waals surface area (Å²) in [5, 5.41) is 17.1. The Kier molecular flexibility index (Phi) is 3.25. The number of hydrogen-bond acceptors (Lipinski definition) is 4. The fourth-order valence-electron chi connectivity index (χ4n) is 2.31. The highest BCUT2D eigenvalue weighted by Gasteiger charge is 2.16. The Bertz CT molecular complexity index is 889. The number of aromatic nitrogens is 3. The quantitative estimate of drug-likeness (QED) is 0.761. The summed E-state index contributed by atoms with van der Waals surface area (Å²) in [7, 11) is 1.69. The van der Waals surface area contributed by atoms with Crippen LogP contribution in [0, 0.1) is 5.82 Å². The Morgan fingerprint density at radius 3 is 2.86 bits per heavy atom. The Hall–Kier alpha value is -2.96. The lowest BCUT2D eigenvalue weighted by molar-refractivity contribution is -0.114. The normalized spacial score (nSPS) is 10.9. The summed E-state index contributed by atoms with van der Waals surface area (Å²) in [6.45, 7) is 1.39. The van der Waals surface area contributed by atoms with Crippen molar-refractivity contribution in [3.63, 3.8) is 0 Å². The highest BCUT2D eigenvalue weighted by molar-refractivity contribution is 5.96. The molecule has 3 aromatic rings. The summed E-state index contributed by atoms with van der Waals surface area (Å²) in [6, 6.07) is 5.43. The minimum absolute atomic E-state index is 0.0545. The second-order valence-corrected chi connectivity index (χ2v) is 4.91. The number of benzene rings is 1. The van der Waals surface area contributed by atoms with Crippen molar-refractivity contribution in [2.24, 2.45) is 7.05 Å². The van der Waals surface area contributed by atoms with E-state index >= 15 is 0 Å². The van der Waals surface area contributed by atoms with Gasteiger partial charge < -0.3 is 10.4 Å². The van der Waals surface area contributed by atoms with E-state index in [1.807, 2.05) is 0 Å². The van der Waals surface area contributed by atoms with Gasteiger partial charge >= 0.3 is 0 Å². The van der Waals surface area contributed by atoms with E-state index in [-0.39, 0.29) is 17.2 Å². The van der Waals surface area contributed by atoms with Crippen LogP contribution in [0.1, 0.15) is 6.92 Å². The van der Waals surface area contributed by atoms with E-state index in [1.165, 1.54) is 36.0 Å². The zero-order valence-electron chi connectivity index (χ0n) is 12.0. The first-order valence-electron chi connectivity index (χ1n) is 6.55. The maximum Gasteiger partial charge on any atom is 0.221 e. The number of aryl methyl sites for hydroxylation is 1. The van der Waals surface area contributed by atoms with Crippen molar-refractivity contribution in [3.05, 3.63) is 36.3 Å². The second-order valence-electron chi connectivity index (χ2n) is 4.91. The molecule has 0 unspecified atom stereocenters. The van der Waals surface area contributed by atoms with Gasteiger partial charge in [-0.25, -0.2) is 14.1 Å². The largest absolute Gasteiger partial charge is 0.508 e. The van der Waals surface area contributed by atoms with Crippen molar-refractivity contribution >= 4 is 22.6 Å². The number of nitrogens with one attached hydrogen (secondary N) is 1. The standard InChI is InChI=1S/C15H13FN4O2/c1-8(21)18-9-5-12-14(19-20(2)15(12)17-7-9)11-6-10(22)3-4-13(11)16/h3-7,22H,1-2H3,(H,18,21). The van der Waals surface area contributed by atoms with Gasteiger partial charge in [0.2, 0.25) is 5.91 Å². The van der Waals surface area contributed by atoms with E-state index in [0.717, 1.165) is 0 Å². The van der Waals surface area contributed by atoms with Gasteiger partial charge in [-0.3, -0.25) is 4.79 Å². The zero-order chi connectivity index (χ0) is 15.9.